The molecule has 0 atom stereocenters. The third kappa shape index (κ3) is 5.57. The molecule has 1 N–H and O–H groups in total. The molecule has 5 heteroatoms. The first-order valence-corrected chi connectivity index (χ1v) is 12.5. The van der Waals surface area contributed by atoms with E-state index in [1.165, 1.54) is 38.4 Å². The van der Waals surface area contributed by atoms with E-state index in [-0.39, 0.29) is 5.75 Å². The van der Waals surface area contributed by atoms with E-state index >= 15 is 0 Å². The predicted molar refractivity (Wildman–Crippen MR) is 139 cm³/mol. The minimum Gasteiger partial charge on any atom is -0.508 e. The summed E-state index contributed by atoms with van der Waals surface area (Å²) in [5.41, 5.74) is 3.32. The molecular weight excluding hydrogens is 438 g/mol. The number of ether oxygens (including phenoxy) is 1. The molecule has 4 aromatic rings. The lowest BCUT2D eigenvalue weighted by Gasteiger charge is -2.26. The molecule has 5 rings (SSSR count). The average Bonchev–Trinajstić information content (AvgIpc) is 2.88. The number of rotatable bonds is 8. The zero-order chi connectivity index (χ0) is 24.0. The number of phenolic OH excluding ortho intramolecular Hbond substituents is 1. The van der Waals surface area contributed by atoms with Gasteiger partial charge in [-0.3, -0.25) is 0 Å². The Labute approximate surface area is 205 Å². The molecule has 0 bridgehead atoms. The van der Waals surface area contributed by atoms with Gasteiger partial charge in [0.1, 0.15) is 17.1 Å². The summed E-state index contributed by atoms with van der Waals surface area (Å²) in [6, 6.07) is 22.6. The van der Waals surface area contributed by atoms with Crippen molar-refractivity contribution in [3.8, 4) is 22.6 Å². The van der Waals surface area contributed by atoms with Crippen molar-refractivity contribution in [3.63, 3.8) is 0 Å². The Kier molecular flexibility index (Phi) is 7.15. The molecule has 0 radical (unpaired) electrons. The number of piperidine rings is 1. The highest BCUT2D eigenvalue weighted by Gasteiger charge is 2.17. The molecule has 1 aliphatic heterocycles. The molecule has 0 unspecified atom stereocenters. The molecule has 35 heavy (non-hydrogen) atoms. The first-order valence-electron chi connectivity index (χ1n) is 12.5. The second-order valence-electron chi connectivity index (χ2n) is 9.21. The monoisotopic (exact) mass is 469 g/mol. The quantitative estimate of drug-likeness (QED) is 0.253. The maximum atomic E-state index is 13.0. The van der Waals surface area contributed by atoms with E-state index in [1.807, 2.05) is 48.5 Å². The molecule has 2 heterocycles. The van der Waals surface area contributed by atoms with Crippen LogP contribution in [0.5, 0.6) is 11.5 Å². The van der Waals surface area contributed by atoms with Crippen molar-refractivity contribution in [2.45, 2.75) is 32.1 Å². The van der Waals surface area contributed by atoms with Gasteiger partial charge in [0.15, 0.2) is 0 Å². The van der Waals surface area contributed by atoms with Gasteiger partial charge in [-0.15, -0.1) is 0 Å². The number of nitrogens with zero attached hydrogens (tertiary/aromatic N) is 1. The number of fused-ring (bicyclic) bond motifs is 1. The molecule has 1 aromatic heterocycles. The molecule has 0 spiro atoms. The molecule has 0 saturated carbocycles. The van der Waals surface area contributed by atoms with E-state index in [0.29, 0.717) is 24.2 Å². The van der Waals surface area contributed by atoms with Crippen LogP contribution in [0.25, 0.3) is 22.1 Å². The highest BCUT2D eigenvalue weighted by Crippen LogP contribution is 2.31. The van der Waals surface area contributed by atoms with Crippen LogP contribution in [0.2, 0.25) is 0 Å². The van der Waals surface area contributed by atoms with Crippen LogP contribution >= 0.6 is 0 Å². The zero-order valence-corrected chi connectivity index (χ0v) is 19.9. The third-order valence-corrected chi connectivity index (χ3v) is 6.70. The lowest BCUT2D eigenvalue weighted by atomic mass is 9.93. The number of hydrogen-bond acceptors (Lipinski definition) is 5. The number of benzene rings is 3. The summed E-state index contributed by atoms with van der Waals surface area (Å²) in [6.07, 6.45) is 5.58. The van der Waals surface area contributed by atoms with Gasteiger partial charge in [0.2, 0.25) is 0 Å². The lowest BCUT2D eigenvalue weighted by molar-refractivity contribution is 0.205. The minimum atomic E-state index is -0.405. The summed E-state index contributed by atoms with van der Waals surface area (Å²) < 4.78 is 11.6. The standard InChI is InChI=1S/C30H31NO4/c32-24-12-15-26-27(29(23-8-3-1-4-9-23)30(33)35-28(26)21-24)20-22-10-13-25(14-11-22)34-19-7-18-31-16-5-2-6-17-31/h1,3-4,8-15,21,32H,2,5-7,16-20H2. The Morgan fingerprint density at radius 1 is 0.914 bits per heavy atom. The van der Waals surface area contributed by atoms with E-state index in [9.17, 15) is 9.90 Å². The van der Waals surface area contributed by atoms with Crippen LogP contribution in [-0.2, 0) is 6.42 Å². The SMILES string of the molecule is O=c1oc2cc(O)ccc2c(Cc2ccc(OCCCN3CCCCC3)cc2)c1-c1ccccc1. The van der Waals surface area contributed by atoms with Gasteiger partial charge in [-0.25, -0.2) is 4.79 Å². The largest absolute Gasteiger partial charge is 0.508 e. The Balaban J connectivity index is 1.34. The van der Waals surface area contributed by atoms with Gasteiger partial charge in [-0.1, -0.05) is 48.9 Å². The van der Waals surface area contributed by atoms with Gasteiger partial charge in [0.25, 0.3) is 0 Å². The first-order chi connectivity index (χ1) is 17.2. The van der Waals surface area contributed by atoms with Crippen LogP contribution in [0.15, 0.2) is 82.0 Å². The zero-order valence-electron chi connectivity index (χ0n) is 19.9. The molecule has 3 aromatic carbocycles. The Bertz CT molecular complexity index is 1320. The highest BCUT2D eigenvalue weighted by molar-refractivity contribution is 5.88. The topological polar surface area (TPSA) is 62.9 Å². The van der Waals surface area contributed by atoms with Crippen LogP contribution in [0.4, 0.5) is 0 Å². The fourth-order valence-corrected chi connectivity index (χ4v) is 4.90. The average molecular weight is 470 g/mol. The van der Waals surface area contributed by atoms with E-state index in [4.69, 9.17) is 9.15 Å². The van der Waals surface area contributed by atoms with E-state index in [2.05, 4.69) is 17.0 Å². The van der Waals surface area contributed by atoms with Crippen LogP contribution in [0, 0.1) is 0 Å². The van der Waals surface area contributed by atoms with Gasteiger partial charge < -0.3 is 19.2 Å². The summed E-state index contributed by atoms with van der Waals surface area (Å²) >= 11 is 0. The smallest absolute Gasteiger partial charge is 0.344 e. The Morgan fingerprint density at radius 3 is 2.46 bits per heavy atom. The van der Waals surface area contributed by atoms with Gasteiger partial charge in [0, 0.05) is 18.0 Å². The second kappa shape index (κ2) is 10.8. The maximum absolute atomic E-state index is 13.0. The van der Waals surface area contributed by atoms with Crippen molar-refractivity contribution in [2.75, 3.05) is 26.2 Å². The molecule has 1 saturated heterocycles. The number of aromatic hydroxyl groups is 1. The summed E-state index contributed by atoms with van der Waals surface area (Å²) in [4.78, 5) is 15.5. The molecular formula is C30H31NO4. The van der Waals surface area contributed by atoms with Crippen LogP contribution < -0.4 is 10.4 Å². The predicted octanol–water partition coefficient (Wildman–Crippen LogP) is 6.01. The summed E-state index contributed by atoms with van der Waals surface area (Å²) in [5, 5.41) is 10.7. The Hall–Kier alpha value is -3.57. The normalized spacial score (nSPS) is 14.3. The fourth-order valence-electron chi connectivity index (χ4n) is 4.90. The van der Waals surface area contributed by atoms with Gasteiger partial charge in [0.05, 0.1) is 12.2 Å². The van der Waals surface area contributed by atoms with E-state index in [1.54, 1.807) is 6.07 Å². The van der Waals surface area contributed by atoms with Crippen LogP contribution in [0.3, 0.4) is 0 Å². The van der Waals surface area contributed by atoms with E-state index < -0.39 is 5.63 Å². The summed E-state index contributed by atoms with van der Waals surface area (Å²) in [7, 11) is 0. The number of hydrogen-bond donors (Lipinski definition) is 1. The highest BCUT2D eigenvalue weighted by atomic mass is 16.5. The van der Waals surface area contributed by atoms with Gasteiger partial charge in [-0.2, -0.15) is 0 Å². The van der Waals surface area contributed by atoms with Crippen LogP contribution in [-0.4, -0.2) is 36.2 Å². The fraction of sp³-hybridized carbons (Fsp3) is 0.300. The molecule has 180 valence electrons. The van der Waals surface area contributed by atoms with Crippen molar-refractivity contribution in [3.05, 3.63) is 94.3 Å². The molecule has 0 amide bonds. The maximum Gasteiger partial charge on any atom is 0.344 e. The molecule has 5 nitrogen and oxygen atoms in total. The Morgan fingerprint density at radius 2 is 1.69 bits per heavy atom. The number of phenols is 1. The van der Waals surface area contributed by atoms with Crippen molar-refractivity contribution in [1.29, 1.82) is 0 Å². The van der Waals surface area contributed by atoms with Crippen molar-refractivity contribution in [2.24, 2.45) is 0 Å². The number of likely N-dealkylation sites (tertiary alicyclic amines) is 1. The third-order valence-electron chi connectivity index (χ3n) is 6.70. The van der Waals surface area contributed by atoms with E-state index in [0.717, 1.165) is 40.8 Å². The second-order valence-corrected chi connectivity index (χ2v) is 9.21. The van der Waals surface area contributed by atoms with Gasteiger partial charge >= 0.3 is 5.63 Å². The summed E-state index contributed by atoms with van der Waals surface area (Å²) in [5.74, 6) is 0.930. The van der Waals surface area contributed by atoms with Crippen LogP contribution in [0.1, 0.15) is 36.8 Å². The summed E-state index contributed by atoms with van der Waals surface area (Å²) in [6.45, 7) is 4.24. The lowest BCUT2D eigenvalue weighted by Crippen LogP contribution is -2.31. The molecule has 0 aliphatic carbocycles. The van der Waals surface area contributed by atoms with Crippen molar-refractivity contribution < 1.29 is 14.3 Å². The van der Waals surface area contributed by atoms with Gasteiger partial charge in [-0.05, 0) is 79.7 Å². The first kappa shape index (κ1) is 23.2. The molecule has 1 aliphatic rings. The molecule has 1 fully saturated rings. The minimum absolute atomic E-state index is 0.0702. The van der Waals surface area contributed by atoms with Crippen molar-refractivity contribution in [1.82, 2.24) is 4.90 Å². The van der Waals surface area contributed by atoms with Crippen molar-refractivity contribution >= 4 is 11.0 Å².